The molecule has 0 unspecified atom stereocenters. The van der Waals surface area contributed by atoms with Crippen molar-refractivity contribution in [2.45, 2.75) is 31.7 Å². The third-order valence-electron chi connectivity index (χ3n) is 4.84. The number of hydrogen-bond acceptors (Lipinski definition) is 4. The van der Waals surface area contributed by atoms with Gasteiger partial charge in [-0.25, -0.2) is 0 Å². The van der Waals surface area contributed by atoms with E-state index >= 15 is 0 Å². The van der Waals surface area contributed by atoms with Crippen LogP contribution in [0.25, 0.3) is 0 Å². The predicted octanol–water partition coefficient (Wildman–Crippen LogP) is 2.76. The van der Waals surface area contributed by atoms with Gasteiger partial charge in [-0.15, -0.1) is 0 Å². The SMILES string of the molecule is COc1ccc(C2(C(=O)NCc3ccnc(C)c3)CCOCC2)cc1. The average molecular weight is 340 g/mol. The van der Waals surface area contributed by atoms with Gasteiger partial charge in [0, 0.05) is 31.6 Å². The van der Waals surface area contributed by atoms with Crippen LogP contribution in [0.15, 0.2) is 42.6 Å². The molecule has 1 aliphatic heterocycles. The lowest BCUT2D eigenvalue weighted by Crippen LogP contribution is -2.47. The van der Waals surface area contributed by atoms with Crippen LogP contribution in [0, 0.1) is 6.92 Å². The van der Waals surface area contributed by atoms with E-state index in [1.807, 2.05) is 43.3 Å². The molecule has 1 aromatic heterocycles. The van der Waals surface area contributed by atoms with Crippen molar-refractivity contribution in [1.29, 1.82) is 0 Å². The summed E-state index contributed by atoms with van der Waals surface area (Å²) in [5.74, 6) is 0.842. The van der Waals surface area contributed by atoms with E-state index in [0.717, 1.165) is 22.6 Å². The van der Waals surface area contributed by atoms with E-state index < -0.39 is 5.41 Å². The second kappa shape index (κ2) is 7.66. The zero-order valence-corrected chi connectivity index (χ0v) is 14.7. The van der Waals surface area contributed by atoms with Crippen molar-refractivity contribution >= 4 is 5.91 Å². The Bertz CT molecular complexity index is 722. The van der Waals surface area contributed by atoms with Crippen LogP contribution in [0.4, 0.5) is 0 Å². The highest BCUT2D eigenvalue weighted by Crippen LogP contribution is 2.36. The Morgan fingerprint density at radius 2 is 1.96 bits per heavy atom. The second-order valence-corrected chi connectivity index (χ2v) is 6.41. The van der Waals surface area contributed by atoms with Gasteiger partial charge in [-0.2, -0.15) is 0 Å². The number of pyridine rings is 1. The largest absolute Gasteiger partial charge is 0.497 e. The number of aromatic nitrogens is 1. The van der Waals surface area contributed by atoms with Gasteiger partial charge in [-0.1, -0.05) is 12.1 Å². The highest BCUT2D eigenvalue weighted by atomic mass is 16.5. The van der Waals surface area contributed by atoms with Crippen LogP contribution >= 0.6 is 0 Å². The van der Waals surface area contributed by atoms with Crippen LogP contribution in [0.3, 0.4) is 0 Å². The summed E-state index contributed by atoms with van der Waals surface area (Å²) in [7, 11) is 1.64. The van der Waals surface area contributed by atoms with Crippen LogP contribution in [0.2, 0.25) is 0 Å². The highest BCUT2D eigenvalue weighted by Gasteiger charge is 2.41. The van der Waals surface area contributed by atoms with Crippen LogP contribution in [0.5, 0.6) is 5.75 Å². The van der Waals surface area contributed by atoms with Crippen molar-refractivity contribution in [3.63, 3.8) is 0 Å². The molecule has 3 rings (SSSR count). The lowest BCUT2D eigenvalue weighted by atomic mass is 9.73. The number of hydrogen-bond donors (Lipinski definition) is 1. The van der Waals surface area contributed by atoms with E-state index in [1.54, 1.807) is 13.3 Å². The fraction of sp³-hybridized carbons (Fsp3) is 0.400. The maximum Gasteiger partial charge on any atom is 0.231 e. The Hall–Kier alpha value is -2.40. The van der Waals surface area contributed by atoms with Gasteiger partial charge in [0.25, 0.3) is 0 Å². The van der Waals surface area contributed by atoms with Crippen molar-refractivity contribution in [1.82, 2.24) is 10.3 Å². The van der Waals surface area contributed by atoms with Crippen LogP contribution in [-0.2, 0) is 21.5 Å². The van der Waals surface area contributed by atoms with E-state index in [9.17, 15) is 4.79 Å². The van der Waals surface area contributed by atoms with Crippen molar-refractivity contribution in [3.8, 4) is 5.75 Å². The van der Waals surface area contributed by atoms with E-state index in [4.69, 9.17) is 9.47 Å². The summed E-state index contributed by atoms with van der Waals surface area (Å²) >= 11 is 0. The minimum absolute atomic E-state index is 0.0513. The third-order valence-corrected chi connectivity index (χ3v) is 4.84. The normalized spacial score (nSPS) is 16.2. The molecule has 1 fully saturated rings. The zero-order chi connectivity index (χ0) is 17.7. The van der Waals surface area contributed by atoms with E-state index in [0.29, 0.717) is 32.6 Å². The minimum atomic E-state index is -0.549. The monoisotopic (exact) mass is 340 g/mol. The molecule has 2 heterocycles. The number of nitrogens with zero attached hydrogens (tertiary/aromatic N) is 1. The number of ether oxygens (including phenoxy) is 2. The predicted molar refractivity (Wildman–Crippen MR) is 95.5 cm³/mol. The van der Waals surface area contributed by atoms with E-state index in [2.05, 4.69) is 10.3 Å². The maximum atomic E-state index is 13.1. The molecule has 1 saturated heterocycles. The first-order valence-corrected chi connectivity index (χ1v) is 8.56. The Morgan fingerprint density at radius 1 is 1.24 bits per heavy atom. The summed E-state index contributed by atoms with van der Waals surface area (Å²) in [6.45, 7) is 3.63. The van der Waals surface area contributed by atoms with Gasteiger partial charge in [-0.3, -0.25) is 9.78 Å². The average Bonchev–Trinajstić information content (AvgIpc) is 2.67. The van der Waals surface area contributed by atoms with Crippen LogP contribution < -0.4 is 10.1 Å². The first-order chi connectivity index (χ1) is 12.1. The minimum Gasteiger partial charge on any atom is -0.497 e. The molecule has 1 aliphatic rings. The lowest BCUT2D eigenvalue weighted by molar-refractivity contribution is -0.130. The van der Waals surface area contributed by atoms with E-state index in [-0.39, 0.29) is 5.91 Å². The number of amides is 1. The molecule has 0 saturated carbocycles. The van der Waals surface area contributed by atoms with E-state index in [1.165, 1.54) is 0 Å². The molecule has 0 spiro atoms. The molecule has 1 amide bonds. The molecule has 0 radical (unpaired) electrons. The number of nitrogens with one attached hydrogen (secondary N) is 1. The highest BCUT2D eigenvalue weighted by molar-refractivity contribution is 5.88. The zero-order valence-electron chi connectivity index (χ0n) is 14.7. The Balaban J connectivity index is 1.80. The number of aryl methyl sites for hydroxylation is 1. The summed E-state index contributed by atoms with van der Waals surface area (Å²) in [6.07, 6.45) is 3.13. The smallest absolute Gasteiger partial charge is 0.231 e. The van der Waals surface area contributed by atoms with Gasteiger partial charge < -0.3 is 14.8 Å². The summed E-state index contributed by atoms with van der Waals surface area (Å²) in [5, 5.41) is 3.11. The Kier molecular flexibility index (Phi) is 5.34. The van der Waals surface area contributed by atoms with Gasteiger partial charge in [0.1, 0.15) is 5.75 Å². The van der Waals surface area contributed by atoms with Crippen LogP contribution in [-0.4, -0.2) is 31.2 Å². The number of carbonyl (C=O) groups is 1. The van der Waals surface area contributed by atoms with Crippen LogP contribution in [0.1, 0.15) is 29.7 Å². The number of methoxy groups -OCH3 is 1. The summed E-state index contributed by atoms with van der Waals surface area (Å²) in [6, 6.07) is 11.7. The molecule has 0 atom stereocenters. The number of benzene rings is 1. The molecule has 0 aliphatic carbocycles. The Morgan fingerprint density at radius 3 is 2.60 bits per heavy atom. The molecule has 132 valence electrons. The first kappa shape index (κ1) is 17.4. The lowest BCUT2D eigenvalue weighted by Gasteiger charge is -2.36. The third kappa shape index (κ3) is 3.82. The molecule has 2 aromatic rings. The topological polar surface area (TPSA) is 60.5 Å². The summed E-state index contributed by atoms with van der Waals surface area (Å²) in [4.78, 5) is 17.3. The molecular formula is C20H24N2O3. The van der Waals surface area contributed by atoms with Crippen molar-refractivity contribution < 1.29 is 14.3 Å². The van der Waals surface area contributed by atoms with Gasteiger partial charge in [0.2, 0.25) is 5.91 Å². The molecule has 5 nitrogen and oxygen atoms in total. The molecule has 1 aromatic carbocycles. The molecular weight excluding hydrogens is 316 g/mol. The first-order valence-electron chi connectivity index (χ1n) is 8.56. The van der Waals surface area contributed by atoms with Gasteiger partial charge in [-0.05, 0) is 55.2 Å². The van der Waals surface area contributed by atoms with Gasteiger partial charge in [0.15, 0.2) is 0 Å². The van der Waals surface area contributed by atoms with Gasteiger partial charge >= 0.3 is 0 Å². The van der Waals surface area contributed by atoms with Crippen molar-refractivity contribution in [2.24, 2.45) is 0 Å². The number of carbonyl (C=O) groups excluding carboxylic acids is 1. The quantitative estimate of drug-likeness (QED) is 0.909. The van der Waals surface area contributed by atoms with Crippen molar-refractivity contribution in [2.75, 3.05) is 20.3 Å². The number of rotatable bonds is 5. The second-order valence-electron chi connectivity index (χ2n) is 6.41. The Labute approximate surface area is 148 Å². The van der Waals surface area contributed by atoms with Gasteiger partial charge in [0.05, 0.1) is 12.5 Å². The molecule has 1 N–H and O–H groups in total. The fourth-order valence-corrected chi connectivity index (χ4v) is 3.34. The fourth-order valence-electron chi connectivity index (χ4n) is 3.34. The summed E-state index contributed by atoms with van der Waals surface area (Å²) < 4.78 is 10.7. The van der Waals surface area contributed by atoms with Crippen molar-refractivity contribution in [3.05, 3.63) is 59.4 Å². The maximum absolute atomic E-state index is 13.1. The summed E-state index contributed by atoms with van der Waals surface area (Å²) in [5.41, 5.74) is 2.47. The standard InChI is InChI=1S/C20H24N2O3/c1-15-13-16(7-10-21-15)14-22-19(23)20(8-11-25-12-9-20)17-3-5-18(24-2)6-4-17/h3-7,10,13H,8-9,11-12,14H2,1-2H3,(H,22,23). The molecule has 25 heavy (non-hydrogen) atoms. The molecule has 0 bridgehead atoms. The molecule has 5 heteroatoms.